The van der Waals surface area contributed by atoms with Crippen LogP contribution in [0.15, 0.2) is 0 Å². The number of urea groups is 1. The summed E-state index contributed by atoms with van der Waals surface area (Å²) >= 11 is 0. The lowest BCUT2D eigenvalue weighted by molar-refractivity contribution is -0.138. The van der Waals surface area contributed by atoms with Crippen molar-refractivity contribution < 1.29 is 27.9 Å². The van der Waals surface area contributed by atoms with E-state index in [1.54, 1.807) is 0 Å². The molecule has 0 bridgehead atoms. The van der Waals surface area contributed by atoms with Crippen molar-refractivity contribution in [1.29, 1.82) is 0 Å². The van der Waals surface area contributed by atoms with Gasteiger partial charge in [0, 0.05) is 12.5 Å². The molecule has 1 aliphatic rings. The molecular formula is C10H16N2O6S. The monoisotopic (exact) mass is 292 g/mol. The number of aliphatic carboxylic acids is 1. The van der Waals surface area contributed by atoms with Crippen molar-refractivity contribution in [3.63, 3.8) is 0 Å². The first-order valence-corrected chi connectivity index (χ1v) is 7.63. The third-order valence-electron chi connectivity index (χ3n) is 2.71. The summed E-state index contributed by atoms with van der Waals surface area (Å²) in [6.07, 6.45) is 0.0146. The summed E-state index contributed by atoms with van der Waals surface area (Å²) in [5.74, 6) is -1.76. The second kappa shape index (κ2) is 6.50. The molecule has 8 nitrogen and oxygen atoms in total. The highest BCUT2D eigenvalue weighted by molar-refractivity contribution is 7.91. The Morgan fingerprint density at radius 3 is 2.21 bits per heavy atom. The summed E-state index contributed by atoms with van der Waals surface area (Å²) in [6, 6.07) is -1.00. The summed E-state index contributed by atoms with van der Waals surface area (Å²) in [5.41, 5.74) is 0. The Balaban J connectivity index is 2.28. The van der Waals surface area contributed by atoms with E-state index in [1.807, 2.05) is 5.32 Å². The summed E-state index contributed by atoms with van der Waals surface area (Å²) in [5, 5.41) is 12.9. The molecule has 1 aliphatic heterocycles. The molecule has 1 heterocycles. The molecular weight excluding hydrogens is 276 g/mol. The Morgan fingerprint density at radius 1 is 1.11 bits per heavy atom. The SMILES string of the molecule is O=C(O)CCC(=O)NC(=O)NC1CCS(=O)(=O)CC1. The average Bonchev–Trinajstić information content (AvgIpc) is 2.29. The second-order valence-corrected chi connectivity index (χ2v) is 6.65. The summed E-state index contributed by atoms with van der Waals surface area (Å²) in [4.78, 5) is 32.8. The van der Waals surface area contributed by atoms with Crippen molar-refractivity contribution in [3.8, 4) is 0 Å². The van der Waals surface area contributed by atoms with Crippen LogP contribution in [0.4, 0.5) is 4.79 Å². The van der Waals surface area contributed by atoms with Gasteiger partial charge in [0.1, 0.15) is 9.84 Å². The number of sulfone groups is 1. The zero-order chi connectivity index (χ0) is 14.5. The van der Waals surface area contributed by atoms with E-state index >= 15 is 0 Å². The fourth-order valence-electron chi connectivity index (χ4n) is 1.67. The molecule has 0 atom stereocenters. The summed E-state index contributed by atoms with van der Waals surface area (Å²) < 4.78 is 22.3. The van der Waals surface area contributed by atoms with Crippen molar-refractivity contribution in [2.45, 2.75) is 31.7 Å². The van der Waals surface area contributed by atoms with Crippen LogP contribution in [-0.4, -0.2) is 49.0 Å². The van der Waals surface area contributed by atoms with Crippen LogP contribution >= 0.6 is 0 Å². The topological polar surface area (TPSA) is 130 Å². The molecule has 9 heteroatoms. The van der Waals surface area contributed by atoms with Gasteiger partial charge >= 0.3 is 12.0 Å². The highest BCUT2D eigenvalue weighted by Crippen LogP contribution is 2.11. The van der Waals surface area contributed by atoms with Gasteiger partial charge in [-0.1, -0.05) is 0 Å². The zero-order valence-corrected chi connectivity index (χ0v) is 11.0. The fraction of sp³-hybridized carbons (Fsp3) is 0.700. The number of amides is 3. The van der Waals surface area contributed by atoms with E-state index in [9.17, 15) is 22.8 Å². The van der Waals surface area contributed by atoms with Gasteiger partial charge in [0.25, 0.3) is 0 Å². The molecule has 1 rings (SSSR count). The number of rotatable bonds is 4. The maximum atomic E-state index is 11.4. The predicted octanol–water partition coefficient (Wildman–Crippen LogP) is -0.746. The maximum Gasteiger partial charge on any atom is 0.321 e. The van der Waals surface area contributed by atoms with Crippen molar-refractivity contribution in [3.05, 3.63) is 0 Å². The molecule has 3 N–H and O–H groups in total. The molecule has 19 heavy (non-hydrogen) atoms. The van der Waals surface area contributed by atoms with Crippen LogP contribution in [0.3, 0.4) is 0 Å². The number of carboxylic acid groups (broad SMARTS) is 1. The number of hydrogen-bond donors (Lipinski definition) is 3. The van der Waals surface area contributed by atoms with E-state index in [2.05, 4.69) is 5.32 Å². The smallest absolute Gasteiger partial charge is 0.321 e. The molecule has 0 aliphatic carbocycles. The van der Waals surface area contributed by atoms with Crippen LogP contribution in [0.5, 0.6) is 0 Å². The molecule has 0 spiro atoms. The second-order valence-electron chi connectivity index (χ2n) is 4.34. The molecule has 0 aromatic heterocycles. The summed E-state index contributed by atoms with van der Waals surface area (Å²) in [7, 11) is -3.00. The van der Waals surface area contributed by atoms with Gasteiger partial charge in [0.2, 0.25) is 5.91 Å². The standard InChI is InChI=1S/C10H16N2O6S/c13-8(1-2-9(14)15)12-10(16)11-7-3-5-19(17,18)6-4-7/h7H,1-6H2,(H,14,15)(H2,11,12,13,16). The van der Waals surface area contributed by atoms with Crippen molar-refractivity contribution in [1.82, 2.24) is 10.6 Å². The van der Waals surface area contributed by atoms with E-state index in [0.29, 0.717) is 12.8 Å². The lowest BCUT2D eigenvalue weighted by atomic mass is 10.2. The van der Waals surface area contributed by atoms with Gasteiger partial charge in [-0.05, 0) is 12.8 Å². The predicted molar refractivity (Wildman–Crippen MR) is 65.2 cm³/mol. The van der Waals surface area contributed by atoms with E-state index in [1.165, 1.54) is 0 Å². The molecule has 1 saturated heterocycles. The normalized spacial score (nSPS) is 18.5. The van der Waals surface area contributed by atoms with Gasteiger partial charge in [-0.2, -0.15) is 0 Å². The third kappa shape index (κ3) is 6.18. The molecule has 3 amide bonds. The Kier molecular flexibility index (Phi) is 5.28. The van der Waals surface area contributed by atoms with Gasteiger partial charge in [0.05, 0.1) is 17.9 Å². The van der Waals surface area contributed by atoms with Crippen LogP contribution in [0, 0.1) is 0 Å². The van der Waals surface area contributed by atoms with Crippen molar-refractivity contribution in [2.75, 3.05) is 11.5 Å². The molecule has 0 radical (unpaired) electrons. The van der Waals surface area contributed by atoms with Crippen LogP contribution in [0.1, 0.15) is 25.7 Å². The minimum atomic E-state index is -3.00. The zero-order valence-electron chi connectivity index (χ0n) is 10.2. The maximum absolute atomic E-state index is 11.4. The highest BCUT2D eigenvalue weighted by Gasteiger charge is 2.24. The highest BCUT2D eigenvalue weighted by atomic mass is 32.2. The van der Waals surface area contributed by atoms with Gasteiger partial charge in [-0.15, -0.1) is 0 Å². The number of carbonyl (C=O) groups excluding carboxylic acids is 2. The fourth-order valence-corrected chi connectivity index (χ4v) is 3.16. The van der Waals surface area contributed by atoms with Gasteiger partial charge in [-0.3, -0.25) is 14.9 Å². The number of hydrogen-bond acceptors (Lipinski definition) is 5. The number of carboxylic acids is 1. The third-order valence-corrected chi connectivity index (χ3v) is 4.42. The first-order chi connectivity index (χ1) is 8.78. The molecule has 0 aromatic rings. The van der Waals surface area contributed by atoms with Gasteiger partial charge < -0.3 is 10.4 Å². The lowest BCUT2D eigenvalue weighted by Gasteiger charge is -2.22. The van der Waals surface area contributed by atoms with Crippen LogP contribution < -0.4 is 10.6 Å². The van der Waals surface area contributed by atoms with Crippen LogP contribution in [0.2, 0.25) is 0 Å². The Labute approximate surface area is 110 Å². The quantitative estimate of drug-likeness (QED) is 0.625. The van der Waals surface area contributed by atoms with Crippen LogP contribution in [0.25, 0.3) is 0 Å². The largest absolute Gasteiger partial charge is 0.481 e. The molecule has 1 fully saturated rings. The van der Waals surface area contributed by atoms with E-state index in [-0.39, 0.29) is 30.4 Å². The Hall–Kier alpha value is -1.64. The van der Waals surface area contributed by atoms with E-state index in [4.69, 9.17) is 5.11 Å². The average molecular weight is 292 g/mol. The van der Waals surface area contributed by atoms with Crippen molar-refractivity contribution >= 4 is 27.7 Å². The molecule has 108 valence electrons. The van der Waals surface area contributed by atoms with Gasteiger partial charge in [0.15, 0.2) is 0 Å². The number of nitrogens with one attached hydrogen (secondary N) is 2. The molecule has 0 unspecified atom stereocenters. The Morgan fingerprint density at radius 2 is 1.68 bits per heavy atom. The van der Waals surface area contributed by atoms with Crippen LogP contribution in [-0.2, 0) is 19.4 Å². The molecule has 0 aromatic carbocycles. The molecule has 0 saturated carbocycles. The number of imide groups is 1. The van der Waals surface area contributed by atoms with E-state index in [0.717, 1.165) is 0 Å². The van der Waals surface area contributed by atoms with Crippen molar-refractivity contribution in [2.24, 2.45) is 0 Å². The lowest BCUT2D eigenvalue weighted by Crippen LogP contribution is -2.47. The van der Waals surface area contributed by atoms with E-state index < -0.39 is 27.7 Å². The van der Waals surface area contributed by atoms with Gasteiger partial charge in [-0.25, -0.2) is 13.2 Å². The minimum Gasteiger partial charge on any atom is -0.481 e. The summed E-state index contributed by atoms with van der Waals surface area (Å²) in [6.45, 7) is 0. The first-order valence-electron chi connectivity index (χ1n) is 5.81. The first kappa shape index (κ1) is 15.4. The minimum absolute atomic E-state index is 0.0188. The Bertz CT molecular complexity index is 458. The number of carbonyl (C=O) groups is 3.